The lowest BCUT2D eigenvalue weighted by Gasteiger charge is -2.38. The van der Waals surface area contributed by atoms with Crippen LogP contribution in [0.25, 0.3) is 0 Å². The van der Waals surface area contributed by atoms with Gasteiger partial charge >= 0.3 is 0 Å². The number of aromatic hydroxyl groups is 1. The van der Waals surface area contributed by atoms with Crippen molar-refractivity contribution < 1.29 is 19.5 Å². The molecule has 0 unspecified atom stereocenters. The smallest absolute Gasteiger partial charge is 0.246 e. The summed E-state index contributed by atoms with van der Waals surface area (Å²) in [6, 6.07) is 4.83. The number of hydrogen-bond acceptors (Lipinski definition) is 6. The minimum atomic E-state index is -0.663. The fourth-order valence-corrected chi connectivity index (χ4v) is 5.09. The number of piperazine rings is 1. The Hall–Kier alpha value is -2.65. The van der Waals surface area contributed by atoms with Crippen LogP contribution in [0.3, 0.4) is 0 Å². The van der Waals surface area contributed by atoms with E-state index in [0.29, 0.717) is 19.4 Å². The first-order valence-corrected chi connectivity index (χ1v) is 12.7. The molecule has 2 aliphatic rings. The summed E-state index contributed by atoms with van der Waals surface area (Å²) in [5, 5.41) is 15.7. The number of fused-ring (bicyclic) bond motifs is 1. The Balaban J connectivity index is 1.75. The molecule has 194 valence electrons. The van der Waals surface area contributed by atoms with Gasteiger partial charge in [0, 0.05) is 6.54 Å². The van der Waals surface area contributed by atoms with Gasteiger partial charge in [-0.2, -0.15) is 0 Å². The van der Waals surface area contributed by atoms with E-state index in [1.807, 2.05) is 28.2 Å². The van der Waals surface area contributed by atoms with E-state index in [1.165, 1.54) is 0 Å². The Kier molecular flexibility index (Phi) is 9.51. The van der Waals surface area contributed by atoms with E-state index in [0.717, 1.165) is 44.3 Å². The second-order valence-electron chi connectivity index (χ2n) is 10.3. The molecule has 1 aromatic carbocycles. The lowest BCUT2D eigenvalue weighted by molar-refractivity contribution is -0.149. The molecule has 1 aromatic rings. The topological polar surface area (TPSA) is 105 Å². The lowest BCUT2D eigenvalue weighted by Crippen LogP contribution is -2.61. The highest BCUT2D eigenvalue weighted by atomic mass is 16.3. The van der Waals surface area contributed by atoms with Crippen molar-refractivity contribution in [1.82, 2.24) is 25.3 Å². The van der Waals surface area contributed by atoms with Crippen molar-refractivity contribution in [3.8, 4) is 5.75 Å². The molecular formula is C26H41N5O4. The number of benzene rings is 1. The third kappa shape index (κ3) is 6.95. The molecule has 0 spiro atoms. The van der Waals surface area contributed by atoms with Crippen LogP contribution in [0.2, 0.25) is 0 Å². The van der Waals surface area contributed by atoms with Crippen molar-refractivity contribution >= 4 is 17.7 Å². The fraction of sp³-hybridized carbons (Fsp3) is 0.654. The number of phenolic OH excluding ortho intramolecular Hbond substituents is 1. The van der Waals surface area contributed by atoms with Crippen molar-refractivity contribution in [3.05, 3.63) is 29.8 Å². The lowest BCUT2D eigenvalue weighted by atomic mass is 9.92. The molecule has 35 heavy (non-hydrogen) atoms. The standard InChI is InChI=1S/C26H41N5O4/c1-29(2)15-7-5-9-21-26(35)31-22(25(34)28-21)17-20(23(31)18-10-12-19(32)13-11-18)24(33)27-14-6-8-16-30(3)4/h10-13,20-23,32H,5-9,14-17H2,1-4H3,(H,27,33)(H,28,34)/t20-,21+,22-,23-/m1/s1. The molecule has 0 bridgehead atoms. The van der Waals surface area contributed by atoms with E-state index in [-0.39, 0.29) is 23.5 Å². The summed E-state index contributed by atoms with van der Waals surface area (Å²) in [5.41, 5.74) is 0.757. The normalized spacial score (nSPS) is 24.1. The largest absolute Gasteiger partial charge is 0.508 e. The SMILES string of the molecule is CN(C)CCCCNC(=O)[C@@H]1C[C@@H]2C(=O)N[C@@H](CCCCN(C)C)C(=O)N2[C@@H]1c1ccc(O)cc1. The summed E-state index contributed by atoms with van der Waals surface area (Å²) in [6.45, 7) is 2.44. The van der Waals surface area contributed by atoms with Gasteiger partial charge in [-0.25, -0.2) is 0 Å². The summed E-state index contributed by atoms with van der Waals surface area (Å²) in [4.78, 5) is 45.7. The Bertz CT molecular complexity index is 873. The molecule has 0 radical (unpaired) electrons. The predicted octanol–water partition coefficient (Wildman–Crippen LogP) is 1.34. The Labute approximate surface area is 208 Å². The average Bonchev–Trinajstić information content (AvgIpc) is 3.21. The quantitative estimate of drug-likeness (QED) is 0.384. The minimum Gasteiger partial charge on any atom is -0.508 e. The molecule has 4 atom stereocenters. The minimum absolute atomic E-state index is 0.117. The summed E-state index contributed by atoms with van der Waals surface area (Å²) in [5.74, 6) is -0.858. The first-order valence-electron chi connectivity index (χ1n) is 12.7. The van der Waals surface area contributed by atoms with Crippen LogP contribution in [0.5, 0.6) is 5.75 Å². The molecule has 2 heterocycles. The number of rotatable bonds is 12. The fourth-order valence-electron chi connectivity index (χ4n) is 5.09. The number of carbonyl (C=O) groups excluding carboxylic acids is 3. The summed E-state index contributed by atoms with van der Waals surface area (Å²) in [7, 11) is 8.07. The average molecular weight is 488 g/mol. The number of hydrogen-bond donors (Lipinski definition) is 3. The van der Waals surface area contributed by atoms with Crippen molar-refractivity contribution in [1.29, 1.82) is 0 Å². The molecule has 3 rings (SSSR count). The Morgan fingerprint density at radius 2 is 1.66 bits per heavy atom. The molecule has 9 nitrogen and oxygen atoms in total. The number of carbonyl (C=O) groups is 3. The van der Waals surface area contributed by atoms with Gasteiger partial charge in [0.2, 0.25) is 17.7 Å². The van der Waals surface area contributed by atoms with Crippen LogP contribution in [0, 0.1) is 5.92 Å². The molecule has 9 heteroatoms. The molecule has 2 saturated heterocycles. The van der Waals surface area contributed by atoms with Crippen molar-refractivity contribution in [2.75, 3.05) is 47.8 Å². The molecular weight excluding hydrogens is 446 g/mol. The van der Waals surface area contributed by atoms with Crippen LogP contribution < -0.4 is 10.6 Å². The molecule has 3 amide bonds. The van der Waals surface area contributed by atoms with Crippen molar-refractivity contribution in [3.63, 3.8) is 0 Å². The third-order valence-electron chi connectivity index (χ3n) is 6.92. The third-order valence-corrected chi connectivity index (χ3v) is 6.92. The van der Waals surface area contributed by atoms with E-state index < -0.39 is 24.0 Å². The highest BCUT2D eigenvalue weighted by Crippen LogP contribution is 2.43. The van der Waals surface area contributed by atoms with Crippen LogP contribution >= 0.6 is 0 Å². The number of unbranched alkanes of at least 4 members (excludes halogenated alkanes) is 2. The highest BCUT2D eigenvalue weighted by molar-refractivity contribution is 5.99. The van der Waals surface area contributed by atoms with E-state index >= 15 is 0 Å². The monoisotopic (exact) mass is 487 g/mol. The summed E-state index contributed by atoms with van der Waals surface area (Å²) >= 11 is 0. The molecule has 0 saturated carbocycles. The number of amides is 3. The highest BCUT2D eigenvalue weighted by Gasteiger charge is 2.54. The van der Waals surface area contributed by atoms with Crippen LogP contribution in [-0.4, -0.2) is 97.4 Å². The first-order chi connectivity index (χ1) is 16.7. The van der Waals surface area contributed by atoms with E-state index in [4.69, 9.17) is 0 Å². The van der Waals surface area contributed by atoms with E-state index in [1.54, 1.807) is 29.2 Å². The summed E-state index contributed by atoms with van der Waals surface area (Å²) < 4.78 is 0. The van der Waals surface area contributed by atoms with Gasteiger partial charge in [0.05, 0.1) is 12.0 Å². The van der Waals surface area contributed by atoms with E-state index in [2.05, 4.69) is 20.4 Å². The molecule has 0 aromatic heterocycles. The maximum atomic E-state index is 13.6. The Morgan fingerprint density at radius 1 is 1.03 bits per heavy atom. The van der Waals surface area contributed by atoms with Crippen LogP contribution in [0.15, 0.2) is 24.3 Å². The number of nitrogens with zero attached hydrogens (tertiary/aromatic N) is 3. The zero-order valence-corrected chi connectivity index (χ0v) is 21.5. The van der Waals surface area contributed by atoms with Crippen molar-refractivity contribution in [2.24, 2.45) is 5.92 Å². The molecule has 2 fully saturated rings. The van der Waals surface area contributed by atoms with Gasteiger partial charge in [0.1, 0.15) is 17.8 Å². The maximum Gasteiger partial charge on any atom is 0.246 e. The van der Waals surface area contributed by atoms with Crippen molar-refractivity contribution in [2.45, 2.75) is 56.7 Å². The first kappa shape index (κ1) is 26.9. The van der Waals surface area contributed by atoms with Gasteiger partial charge in [-0.3, -0.25) is 14.4 Å². The molecule has 0 aliphatic carbocycles. The molecule has 3 N–H and O–H groups in total. The zero-order valence-electron chi connectivity index (χ0n) is 21.5. The van der Waals surface area contributed by atoms with Gasteiger partial charge in [0.25, 0.3) is 0 Å². The second-order valence-corrected chi connectivity index (χ2v) is 10.3. The van der Waals surface area contributed by atoms with Gasteiger partial charge < -0.3 is 30.4 Å². The van der Waals surface area contributed by atoms with Crippen LogP contribution in [-0.2, 0) is 14.4 Å². The molecule has 2 aliphatic heterocycles. The predicted molar refractivity (Wildman–Crippen MR) is 135 cm³/mol. The summed E-state index contributed by atoms with van der Waals surface area (Å²) in [6.07, 6.45) is 4.48. The second kappa shape index (κ2) is 12.4. The number of phenols is 1. The van der Waals surface area contributed by atoms with E-state index in [9.17, 15) is 19.5 Å². The van der Waals surface area contributed by atoms with Gasteiger partial charge in [0.15, 0.2) is 0 Å². The Morgan fingerprint density at radius 3 is 2.29 bits per heavy atom. The van der Waals surface area contributed by atoms with Gasteiger partial charge in [-0.05, 0) is 97.5 Å². The van der Waals surface area contributed by atoms with Crippen LogP contribution in [0.4, 0.5) is 0 Å². The van der Waals surface area contributed by atoms with Gasteiger partial charge in [-0.15, -0.1) is 0 Å². The van der Waals surface area contributed by atoms with Crippen LogP contribution in [0.1, 0.15) is 50.1 Å². The maximum absolute atomic E-state index is 13.6. The van der Waals surface area contributed by atoms with Gasteiger partial charge in [-0.1, -0.05) is 12.1 Å². The number of nitrogens with one attached hydrogen (secondary N) is 2. The zero-order chi connectivity index (χ0) is 25.5.